The van der Waals surface area contributed by atoms with Gasteiger partial charge in [-0.3, -0.25) is 4.79 Å². The van der Waals surface area contributed by atoms with Crippen molar-refractivity contribution in [1.82, 2.24) is 9.38 Å². The van der Waals surface area contributed by atoms with E-state index in [1.165, 1.54) is 6.92 Å². The number of fused-ring (bicyclic) bond motifs is 1. The minimum atomic E-state index is -0.116. The van der Waals surface area contributed by atoms with Crippen molar-refractivity contribution in [2.45, 2.75) is 6.92 Å². The maximum atomic E-state index is 11.1. The van der Waals surface area contributed by atoms with Gasteiger partial charge in [0.05, 0.1) is 5.69 Å². The van der Waals surface area contributed by atoms with Gasteiger partial charge in [0.15, 0.2) is 11.4 Å². The molecule has 3 rings (SSSR count). The second-order valence-electron chi connectivity index (χ2n) is 4.51. The Morgan fingerprint density at radius 1 is 1.30 bits per heavy atom. The van der Waals surface area contributed by atoms with Gasteiger partial charge in [-0.2, -0.15) is 0 Å². The van der Waals surface area contributed by atoms with Gasteiger partial charge in [-0.1, -0.05) is 12.1 Å². The molecule has 0 aliphatic carbocycles. The van der Waals surface area contributed by atoms with Crippen LogP contribution in [0.3, 0.4) is 0 Å². The summed E-state index contributed by atoms with van der Waals surface area (Å²) in [6.45, 7) is 1.47. The normalized spacial score (nSPS) is 10.7. The highest BCUT2D eigenvalue weighted by molar-refractivity contribution is 5.89. The van der Waals surface area contributed by atoms with Gasteiger partial charge >= 0.3 is 0 Å². The molecule has 1 amide bonds. The lowest BCUT2D eigenvalue weighted by atomic mass is 10.1. The molecule has 2 heterocycles. The van der Waals surface area contributed by atoms with Crippen molar-refractivity contribution in [2.24, 2.45) is 0 Å². The highest BCUT2D eigenvalue weighted by Crippen LogP contribution is 2.25. The van der Waals surface area contributed by atoms with Gasteiger partial charge in [0.25, 0.3) is 0 Å². The van der Waals surface area contributed by atoms with Crippen LogP contribution in [0.25, 0.3) is 16.9 Å². The molecule has 3 aromatic rings. The van der Waals surface area contributed by atoms with Gasteiger partial charge in [0.1, 0.15) is 0 Å². The van der Waals surface area contributed by atoms with E-state index >= 15 is 0 Å². The van der Waals surface area contributed by atoms with Crippen molar-refractivity contribution in [3.05, 3.63) is 48.8 Å². The van der Waals surface area contributed by atoms with Crippen molar-refractivity contribution >= 4 is 17.2 Å². The fourth-order valence-corrected chi connectivity index (χ4v) is 2.10. The summed E-state index contributed by atoms with van der Waals surface area (Å²) in [5.41, 5.74) is 2.83. The standard InChI is InChI=1S/C15H13N3O2/c1-10(19)16-12-5-2-4-11(8-12)13-9-18-7-3-6-14(20)15(18)17-13/h2-9,20H,1H3,(H,16,19). The number of carbonyl (C=O) groups is 1. The molecule has 1 aromatic carbocycles. The van der Waals surface area contributed by atoms with Crippen LogP contribution in [-0.2, 0) is 4.79 Å². The molecule has 0 radical (unpaired) electrons. The van der Waals surface area contributed by atoms with Crippen LogP contribution in [0.5, 0.6) is 5.75 Å². The Morgan fingerprint density at radius 3 is 2.90 bits per heavy atom. The molecule has 0 aliphatic rings. The molecule has 0 unspecified atom stereocenters. The van der Waals surface area contributed by atoms with E-state index in [0.29, 0.717) is 5.65 Å². The summed E-state index contributed by atoms with van der Waals surface area (Å²) in [6, 6.07) is 10.8. The van der Waals surface area contributed by atoms with E-state index in [2.05, 4.69) is 10.3 Å². The average molecular weight is 267 g/mol. The number of carbonyl (C=O) groups excluding carboxylic acids is 1. The maximum absolute atomic E-state index is 11.1. The first-order valence-corrected chi connectivity index (χ1v) is 6.18. The third kappa shape index (κ3) is 2.21. The largest absolute Gasteiger partial charge is 0.504 e. The number of nitrogens with zero attached hydrogens (tertiary/aromatic N) is 2. The van der Waals surface area contributed by atoms with Gasteiger partial charge in [0, 0.05) is 30.6 Å². The summed E-state index contributed by atoms with van der Waals surface area (Å²) in [5.74, 6) is 0.0200. The van der Waals surface area contributed by atoms with E-state index in [4.69, 9.17) is 0 Å². The zero-order valence-corrected chi connectivity index (χ0v) is 10.9. The van der Waals surface area contributed by atoms with E-state index in [0.717, 1.165) is 16.9 Å². The average Bonchev–Trinajstić information content (AvgIpc) is 2.84. The van der Waals surface area contributed by atoms with Crippen molar-refractivity contribution in [3.8, 4) is 17.0 Å². The van der Waals surface area contributed by atoms with Crippen molar-refractivity contribution in [3.63, 3.8) is 0 Å². The summed E-state index contributed by atoms with van der Waals surface area (Å²) in [4.78, 5) is 15.5. The van der Waals surface area contributed by atoms with Crippen molar-refractivity contribution in [2.75, 3.05) is 5.32 Å². The summed E-state index contributed by atoms with van der Waals surface area (Å²) in [6.07, 6.45) is 3.66. The summed E-state index contributed by atoms with van der Waals surface area (Å²) >= 11 is 0. The molecule has 5 nitrogen and oxygen atoms in total. The van der Waals surface area contributed by atoms with Crippen LogP contribution >= 0.6 is 0 Å². The first-order chi connectivity index (χ1) is 9.63. The van der Waals surface area contributed by atoms with Crippen LogP contribution in [0.15, 0.2) is 48.8 Å². The van der Waals surface area contributed by atoms with Crippen LogP contribution in [0.2, 0.25) is 0 Å². The minimum Gasteiger partial charge on any atom is -0.504 e. The monoisotopic (exact) mass is 267 g/mol. The fraction of sp³-hybridized carbons (Fsp3) is 0.0667. The van der Waals surface area contributed by atoms with E-state index in [9.17, 15) is 9.90 Å². The quantitative estimate of drug-likeness (QED) is 0.750. The lowest BCUT2D eigenvalue weighted by Crippen LogP contribution is -2.05. The lowest BCUT2D eigenvalue weighted by Gasteiger charge is -2.03. The predicted molar refractivity (Wildman–Crippen MR) is 76.6 cm³/mol. The lowest BCUT2D eigenvalue weighted by molar-refractivity contribution is -0.114. The number of imidazole rings is 1. The van der Waals surface area contributed by atoms with Crippen molar-refractivity contribution in [1.29, 1.82) is 0 Å². The van der Waals surface area contributed by atoms with Crippen LogP contribution in [0, 0.1) is 0 Å². The van der Waals surface area contributed by atoms with Gasteiger partial charge < -0.3 is 14.8 Å². The Balaban J connectivity index is 2.06. The number of aromatic nitrogens is 2. The molecular formula is C15H13N3O2. The van der Waals surface area contributed by atoms with Gasteiger partial charge in [-0.15, -0.1) is 0 Å². The molecule has 0 saturated heterocycles. The number of amides is 1. The molecule has 100 valence electrons. The molecule has 0 fully saturated rings. The number of nitrogens with one attached hydrogen (secondary N) is 1. The van der Waals surface area contributed by atoms with Gasteiger partial charge in [0.2, 0.25) is 5.91 Å². The first-order valence-electron chi connectivity index (χ1n) is 6.18. The number of hydrogen-bond donors (Lipinski definition) is 2. The predicted octanol–water partition coefficient (Wildman–Crippen LogP) is 2.67. The number of hydrogen-bond acceptors (Lipinski definition) is 3. The fourth-order valence-electron chi connectivity index (χ4n) is 2.10. The molecule has 0 atom stereocenters. The molecule has 2 aromatic heterocycles. The Morgan fingerprint density at radius 2 is 2.15 bits per heavy atom. The summed E-state index contributed by atoms with van der Waals surface area (Å²) in [7, 11) is 0. The number of pyridine rings is 1. The number of benzene rings is 1. The van der Waals surface area contributed by atoms with Crippen LogP contribution in [0.4, 0.5) is 5.69 Å². The second kappa shape index (κ2) is 4.70. The van der Waals surface area contributed by atoms with Crippen LogP contribution in [0.1, 0.15) is 6.92 Å². The van der Waals surface area contributed by atoms with Crippen LogP contribution in [-0.4, -0.2) is 20.4 Å². The first kappa shape index (κ1) is 12.2. The Bertz CT molecular complexity index is 793. The minimum absolute atomic E-state index is 0.116. The SMILES string of the molecule is CC(=O)Nc1cccc(-c2cn3cccc(O)c3n2)c1. The van der Waals surface area contributed by atoms with E-state index in [-0.39, 0.29) is 11.7 Å². The third-order valence-corrected chi connectivity index (χ3v) is 2.94. The molecular weight excluding hydrogens is 254 g/mol. The van der Waals surface area contributed by atoms with Gasteiger partial charge in [-0.25, -0.2) is 4.98 Å². The number of aromatic hydroxyl groups is 1. The smallest absolute Gasteiger partial charge is 0.221 e. The second-order valence-corrected chi connectivity index (χ2v) is 4.51. The van der Waals surface area contributed by atoms with E-state index < -0.39 is 0 Å². The summed E-state index contributed by atoms with van der Waals surface area (Å²) in [5, 5.41) is 12.5. The zero-order valence-electron chi connectivity index (χ0n) is 10.9. The summed E-state index contributed by atoms with van der Waals surface area (Å²) < 4.78 is 1.76. The Labute approximate surface area is 115 Å². The Hall–Kier alpha value is -2.82. The van der Waals surface area contributed by atoms with Gasteiger partial charge in [-0.05, 0) is 24.3 Å². The third-order valence-electron chi connectivity index (χ3n) is 2.94. The molecule has 0 aliphatic heterocycles. The topological polar surface area (TPSA) is 66.6 Å². The zero-order chi connectivity index (χ0) is 14.1. The number of rotatable bonds is 2. The number of anilines is 1. The highest BCUT2D eigenvalue weighted by atomic mass is 16.3. The van der Waals surface area contributed by atoms with Crippen LogP contribution < -0.4 is 5.32 Å². The Kier molecular flexibility index (Phi) is 2.87. The molecule has 5 heteroatoms. The van der Waals surface area contributed by atoms with E-state index in [1.807, 2.05) is 36.7 Å². The molecule has 2 N–H and O–H groups in total. The molecule has 20 heavy (non-hydrogen) atoms. The highest BCUT2D eigenvalue weighted by Gasteiger charge is 2.08. The van der Waals surface area contributed by atoms with Crippen molar-refractivity contribution < 1.29 is 9.90 Å². The molecule has 0 saturated carbocycles. The molecule has 0 bridgehead atoms. The van der Waals surface area contributed by atoms with E-state index in [1.54, 1.807) is 16.5 Å². The molecule has 0 spiro atoms. The maximum Gasteiger partial charge on any atom is 0.221 e.